The van der Waals surface area contributed by atoms with Crippen LogP contribution < -0.4 is 9.64 Å². The second-order valence-corrected chi connectivity index (χ2v) is 27.2. The summed E-state index contributed by atoms with van der Waals surface area (Å²) in [7, 11) is 0. The monoisotopic (exact) mass is 1190 g/mol. The van der Waals surface area contributed by atoms with Crippen molar-refractivity contribution in [2.45, 2.75) is 128 Å². The van der Waals surface area contributed by atoms with Crippen molar-refractivity contribution in [2.24, 2.45) is 0 Å². The Labute approximate surface area is 527 Å². The van der Waals surface area contributed by atoms with E-state index in [4.69, 9.17) is 16.0 Å². The molecule has 0 saturated carbocycles. The van der Waals surface area contributed by atoms with E-state index in [1.165, 1.54) is 52.3 Å². The van der Waals surface area contributed by atoms with Gasteiger partial charge in [0.05, 0.1) is 18.2 Å². The lowest BCUT2D eigenvalue weighted by Gasteiger charge is -2.48. The van der Waals surface area contributed by atoms with Crippen LogP contribution in [-0.4, -0.2) is 11.7 Å². The fourth-order valence-corrected chi connectivity index (χ4v) is 14.3. The summed E-state index contributed by atoms with van der Waals surface area (Å²) in [5.74, 6) is 0.641. The molecule has 0 N–H and O–H groups in total. The lowest BCUT2D eigenvalue weighted by Crippen LogP contribution is -2.45. The molecule has 0 fully saturated rings. The van der Waals surface area contributed by atoms with Gasteiger partial charge in [0.15, 0.2) is 5.76 Å². The van der Waals surface area contributed by atoms with E-state index in [2.05, 4.69) is 170 Å². The number of anilines is 2. The first-order valence-electron chi connectivity index (χ1n) is 30.7. The smallest absolute Gasteiger partial charge is 0.437 e. The summed E-state index contributed by atoms with van der Waals surface area (Å²) in [6.45, 7) is 30.8. The maximum atomic E-state index is 16.5. The number of ether oxygens (including phenoxy) is 2. The van der Waals surface area contributed by atoms with Crippen LogP contribution in [0.25, 0.3) is 43.9 Å². The summed E-state index contributed by atoms with van der Waals surface area (Å²) in [5, 5.41) is 22.9. The SMILES string of the molecule is [C-]#[N+]/C(C#N)=C1\OC(c2ccc(-c3ccccc3)cc2)(C(F)(F)F)C(/C=C/C=C2\CC3(CC(/C=C/c4cc5c(cc4C)N(c4cc(C(C)(C)C)cc(C(C)(C)C)c4)C(C)(C)CC5C)=C2Oc2cccc4ccccc24)c2ccccc2-c2ccccc23)=C1C#N. The van der Waals surface area contributed by atoms with Crippen molar-refractivity contribution in [1.82, 2.24) is 0 Å². The Hall–Kier alpha value is -9.88. The van der Waals surface area contributed by atoms with Crippen molar-refractivity contribution in [3.63, 3.8) is 0 Å². The number of benzene rings is 8. The van der Waals surface area contributed by atoms with Crippen molar-refractivity contribution in [3.05, 3.63) is 296 Å². The van der Waals surface area contributed by atoms with Gasteiger partial charge in [-0.05, 0) is 165 Å². The Morgan fingerprint density at radius 2 is 1.32 bits per heavy atom. The maximum Gasteiger partial charge on any atom is 0.437 e. The molecule has 0 aromatic heterocycles. The second-order valence-electron chi connectivity index (χ2n) is 27.2. The van der Waals surface area contributed by atoms with Crippen LogP contribution in [0, 0.1) is 36.2 Å². The van der Waals surface area contributed by atoms with Crippen LogP contribution >= 0.6 is 0 Å². The van der Waals surface area contributed by atoms with E-state index >= 15 is 13.2 Å². The van der Waals surface area contributed by atoms with E-state index in [1.54, 1.807) is 24.3 Å². The molecule has 0 radical (unpaired) electrons. The average molecular weight is 1190 g/mol. The first kappa shape index (κ1) is 60.4. The molecule has 0 amide bonds. The largest absolute Gasteiger partial charge is 0.477 e. The van der Waals surface area contributed by atoms with Crippen molar-refractivity contribution in [2.75, 3.05) is 4.90 Å². The second kappa shape index (κ2) is 22.6. The highest BCUT2D eigenvalue weighted by Crippen LogP contribution is 2.60. The molecule has 6 nitrogen and oxygen atoms in total. The normalized spacial score (nSPS) is 19.6. The minimum Gasteiger partial charge on any atom is -0.477 e. The molecule has 2 unspecified atom stereocenters. The quantitative estimate of drug-likeness (QED) is 0.106. The fourth-order valence-electron chi connectivity index (χ4n) is 14.3. The van der Waals surface area contributed by atoms with Crippen LogP contribution in [0.5, 0.6) is 5.75 Å². The fraction of sp³-hybridized carbons (Fsp3) is 0.247. The molecular formula is C81H71F3N4O2. The number of hydrogen-bond acceptors (Lipinski definition) is 5. The summed E-state index contributed by atoms with van der Waals surface area (Å²) >= 11 is 0. The molecule has 2 aliphatic heterocycles. The lowest BCUT2D eigenvalue weighted by molar-refractivity contribution is -0.249. The molecule has 8 aromatic carbocycles. The first-order valence-corrected chi connectivity index (χ1v) is 30.7. The predicted octanol–water partition coefficient (Wildman–Crippen LogP) is 21.4. The van der Waals surface area contributed by atoms with Crippen LogP contribution in [0.15, 0.2) is 240 Å². The van der Waals surface area contributed by atoms with E-state index in [1.807, 2.05) is 78.9 Å². The molecule has 2 atom stereocenters. The van der Waals surface area contributed by atoms with Gasteiger partial charge in [0.2, 0.25) is 0 Å². The number of rotatable bonds is 9. The van der Waals surface area contributed by atoms with E-state index in [9.17, 15) is 10.5 Å². The summed E-state index contributed by atoms with van der Waals surface area (Å²) in [6.07, 6.45) is 5.56. The molecule has 90 heavy (non-hydrogen) atoms. The first-order chi connectivity index (χ1) is 42.9. The van der Waals surface area contributed by atoms with E-state index in [-0.39, 0.29) is 27.9 Å². The standard InChI is InChI=1S/C81H71F3N4O2/c1-51-41-72-66(52(2)46-78(9,10)88(72)62-44-60(76(3,4)5)43-61(45-62)77(6,7)8)42-56(51)35-36-58-48-79(68-31-19-17-29-64(68)65-30-18-20-32-69(65)79)47-57(74(58)89-73-34-22-26-55-25-15-16-28-63(55)73)27-21-33-70-67(49-85)75(71(50-86)87-11)90-80(70,81(82,83)84)59-39-37-54(38-40-59)53-23-13-12-14-24-53/h12-45,52H,46-48H2,1-10H3/b33-21+,36-35+,57-27+,75-71-. The van der Waals surface area contributed by atoms with Crippen molar-refractivity contribution < 1.29 is 22.6 Å². The van der Waals surface area contributed by atoms with Crippen molar-refractivity contribution in [3.8, 4) is 40.1 Å². The number of nitriles is 2. The Kier molecular flexibility index (Phi) is 15.2. The van der Waals surface area contributed by atoms with Gasteiger partial charge in [-0.15, -0.1) is 0 Å². The van der Waals surface area contributed by atoms with Gasteiger partial charge in [-0.1, -0.05) is 224 Å². The van der Waals surface area contributed by atoms with E-state index in [0.717, 1.165) is 61.7 Å². The lowest BCUT2D eigenvalue weighted by atomic mass is 9.65. The number of allylic oxidation sites excluding steroid dienone is 7. The molecule has 0 saturated heterocycles. The van der Waals surface area contributed by atoms with Crippen molar-refractivity contribution in [1.29, 1.82) is 10.5 Å². The van der Waals surface area contributed by atoms with Gasteiger partial charge >= 0.3 is 11.9 Å². The minimum absolute atomic E-state index is 0.0730. The van der Waals surface area contributed by atoms with Crippen molar-refractivity contribution >= 4 is 28.2 Å². The molecule has 1 spiro atoms. The van der Waals surface area contributed by atoms with Gasteiger partial charge in [-0.2, -0.15) is 18.4 Å². The zero-order valence-electron chi connectivity index (χ0n) is 52.6. The Morgan fingerprint density at radius 3 is 1.94 bits per heavy atom. The third-order valence-corrected chi connectivity index (χ3v) is 18.7. The topological polar surface area (TPSA) is 73.6 Å². The summed E-state index contributed by atoms with van der Waals surface area (Å²) < 4.78 is 63.0. The van der Waals surface area contributed by atoms with E-state index in [0.29, 0.717) is 35.5 Å². The highest BCUT2D eigenvalue weighted by molar-refractivity contribution is 5.89. The van der Waals surface area contributed by atoms with Gasteiger partial charge in [-0.3, -0.25) is 0 Å². The number of fused-ring (bicyclic) bond motifs is 7. The number of nitrogens with zero attached hydrogens (tertiary/aromatic N) is 4. The summed E-state index contributed by atoms with van der Waals surface area (Å²) in [6, 6.07) is 61.4. The Balaban J connectivity index is 1.07. The molecule has 12 rings (SSSR count). The predicted molar refractivity (Wildman–Crippen MR) is 357 cm³/mol. The molecular weight excluding hydrogens is 1120 g/mol. The maximum absolute atomic E-state index is 16.5. The summed E-state index contributed by atoms with van der Waals surface area (Å²) in [5.41, 5.74) is 9.24. The van der Waals surface area contributed by atoms with E-state index < -0.39 is 39.8 Å². The zero-order valence-corrected chi connectivity index (χ0v) is 52.6. The summed E-state index contributed by atoms with van der Waals surface area (Å²) in [4.78, 5) is 5.83. The van der Waals surface area contributed by atoms with Crippen LogP contribution in [0.2, 0.25) is 0 Å². The average Bonchev–Trinajstić information content (AvgIpc) is 1.52. The zero-order chi connectivity index (χ0) is 63.7. The number of alkyl halides is 3. The molecule has 448 valence electrons. The molecule has 9 heteroatoms. The third kappa shape index (κ3) is 10.4. The van der Waals surface area contributed by atoms with Crippen LogP contribution in [0.3, 0.4) is 0 Å². The number of hydrogen-bond donors (Lipinski definition) is 0. The van der Waals surface area contributed by atoms with Crippen LogP contribution in [-0.2, 0) is 26.6 Å². The molecule has 0 bridgehead atoms. The van der Waals surface area contributed by atoms with Gasteiger partial charge in [0.25, 0.3) is 5.60 Å². The number of aryl methyl sites for hydroxylation is 1. The van der Waals surface area contributed by atoms with Gasteiger partial charge in [0, 0.05) is 38.9 Å². The van der Waals surface area contributed by atoms with Crippen LogP contribution in [0.4, 0.5) is 24.5 Å². The highest BCUT2D eigenvalue weighted by Gasteiger charge is 2.65. The Bertz CT molecular complexity index is 4460. The third-order valence-electron chi connectivity index (χ3n) is 18.7. The highest BCUT2D eigenvalue weighted by atomic mass is 19.4. The Morgan fingerprint density at radius 1 is 0.711 bits per heavy atom. The molecule has 8 aromatic rings. The molecule has 2 aliphatic carbocycles. The number of halogens is 3. The molecule has 4 aliphatic rings. The van der Waals surface area contributed by atoms with Gasteiger partial charge in [0.1, 0.15) is 17.6 Å². The van der Waals surface area contributed by atoms with Gasteiger partial charge in [-0.25, -0.2) is 10.1 Å². The molecule has 2 heterocycles. The minimum atomic E-state index is -5.21. The van der Waals surface area contributed by atoms with Gasteiger partial charge < -0.3 is 14.4 Å². The van der Waals surface area contributed by atoms with Crippen LogP contribution in [0.1, 0.15) is 132 Å².